The van der Waals surface area contributed by atoms with Crippen molar-refractivity contribution in [3.63, 3.8) is 0 Å². The van der Waals surface area contributed by atoms with Gasteiger partial charge in [-0.3, -0.25) is 0 Å². The Kier molecular flexibility index (Phi) is 3.92. The number of anilines is 1. The Morgan fingerprint density at radius 1 is 1.33 bits per heavy atom. The number of halogens is 4. The smallest absolute Gasteiger partial charge is 0.397 e. The fraction of sp³-hybridized carbons (Fsp3) is 0.214. The molecule has 7 heteroatoms. The number of nitrogens with zero attached hydrogens (tertiary/aromatic N) is 1. The van der Waals surface area contributed by atoms with E-state index in [9.17, 15) is 17.6 Å². The second-order valence-electron chi connectivity index (χ2n) is 4.28. The molecule has 0 amide bonds. The van der Waals surface area contributed by atoms with Gasteiger partial charge >= 0.3 is 6.18 Å². The molecule has 1 aromatic carbocycles. The number of alkyl halides is 3. The van der Waals surface area contributed by atoms with Crippen LogP contribution in [0.15, 0.2) is 18.2 Å². The topological polar surface area (TPSA) is 49.8 Å². The lowest BCUT2D eigenvalue weighted by Gasteiger charge is -2.11. The third-order valence-corrected chi connectivity index (χ3v) is 4.24. The summed E-state index contributed by atoms with van der Waals surface area (Å²) in [4.78, 5) is 0.453. The van der Waals surface area contributed by atoms with Gasteiger partial charge in [-0.25, -0.2) is 4.39 Å². The van der Waals surface area contributed by atoms with Gasteiger partial charge in [0.25, 0.3) is 0 Å². The minimum Gasteiger partial charge on any atom is -0.397 e. The lowest BCUT2D eigenvalue weighted by atomic mass is 10.0. The highest BCUT2D eigenvalue weighted by molar-refractivity contribution is 7.16. The summed E-state index contributed by atoms with van der Waals surface area (Å²) in [5.41, 5.74) is 4.97. The van der Waals surface area contributed by atoms with Gasteiger partial charge in [0, 0.05) is 10.4 Å². The maximum Gasteiger partial charge on any atom is 0.419 e. The van der Waals surface area contributed by atoms with Crippen LogP contribution in [0, 0.1) is 17.1 Å². The summed E-state index contributed by atoms with van der Waals surface area (Å²) in [6.45, 7) is 1.74. The Bertz CT molecular complexity index is 726. The first-order chi connectivity index (χ1) is 9.81. The van der Waals surface area contributed by atoms with Crippen LogP contribution in [-0.4, -0.2) is 0 Å². The lowest BCUT2D eigenvalue weighted by molar-refractivity contribution is -0.139. The van der Waals surface area contributed by atoms with E-state index in [4.69, 9.17) is 11.0 Å². The van der Waals surface area contributed by atoms with Gasteiger partial charge in [-0.05, 0) is 18.1 Å². The Morgan fingerprint density at radius 3 is 2.52 bits per heavy atom. The van der Waals surface area contributed by atoms with E-state index in [1.807, 2.05) is 6.07 Å². The van der Waals surface area contributed by atoms with Crippen LogP contribution in [0.25, 0.3) is 10.4 Å². The monoisotopic (exact) mass is 314 g/mol. The van der Waals surface area contributed by atoms with E-state index in [0.717, 1.165) is 17.4 Å². The number of nitrogen functional groups attached to an aromatic ring is 1. The maximum absolute atomic E-state index is 14.2. The third-order valence-electron chi connectivity index (χ3n) is 3.05. The van der Waals surface area contributed by atoms with Crippen molar-refractivity contribution in [3.05, 3.63) is 40.0 Å². The first-order valence-corrected chi connectivity index (χ1v) is 6.80. The number of hydrogen-bond acceptors (Lipinski definition) is 3. The van der Waals surface area contributed by atoms with Crippen molar-refractivity contribution < 1.29 is 17.6 Å². The number of nitrogens with two attached hydrogens (primary N) is 1. The average Bonchev–Trinajstić information content (AvgIpc) is 2.73. The predicted octanol–water partition coefficient (Wildman–Crippen LogP) is 4.59. The summed E-state index contributed by atoms with van der Waals surface area (Å²) in [5.74, 6) is -1.34. The Balaban J connectivity index is 2.72. The van der Waals surface area contributed by atoms with E-state index in [1.54, 1.807) is 6.92 Å². The van der Waals surface area contributed by atoms with E-state index >= 15 is 0 Å². The molecule has 2 N–H and O–H groups in total. The first kappa shape index (κ1) is 15.3. The van der Waals surface area contributed by atoms with Crippen LogP contribution in [0.4, 0.5) is 23.2 Å². The predicted molar refractivity (Wildman–Crippen MR) is 73.2 cm³/mol. The van der Waals surface area contributed by atoms with Crippen LogP contribution < -0.4 is 5.73 Å². The van der Waals surface area contributed by atoms with Crippen molar-refractivity contribution in [1.29, 1.82) is 5.26 Å². The minimum absolute atomic E-state index is 0.179. The molecule has 2 aromatic rings. The van der Waals surface area contributed by atoms with Crippen LogP contribution >= 0.6 is 11.3 Å². The largest absolute Gasteiger partial charge is 0.419 e. The van der Waals surface area contributed by atoms with E-state index < -0.39 is 17.6 Å². The zero-order chi connectivity index (χ0) is 15.8. The standard InChI is InChI=1S/C14H10F4N2S/c1-2-7-12(20)10(6-19)21-13(7)8-4-3-5-9(11(8)15)14(16,17)18/h3-5H,2,20H2,1H3. The minimum atomic E-state index is -4.77. The molecule has 0 unspecified atom stereocenters. The summed E-state index contributed by atoms with van der Waals surface area (Å²) >= 11 is 0.904. The third kappa shape index (κ3) is 2.59. The van der Waals surface area contributed by atoms with Gasteiger partial charge in [-0.15, -0.1) is 11.3 Å². The molecule has 0 aliphatic carbocycles. The van der Waals surface area contributed by atoms with Crippen LogP contribution in [0.5, 0.6) is 0 Å². The van der Waals surface area contributed by atoms with Crippen LogP contribution in [0.2, 0.25) is 0 Å². The summed E-state index contributed by atoms with van der Waals surface area (Å²) in [6.07, 6.45) is -4.37. The second-order valence-corrected chi connectivity index (χ2v) is 5.30. The van der Waals surface area contributed by atoms with Gasteiger partial charge in [0.15, 0.2) is 0 Å². The molecule has 0 aliphatic heterocycles. The van der Waals surface area contributed by atoms with Gasteiger partial charge in [0.2, 0.25) is 0 Å². The second kappa shape index (κ2) is 5.37. The van der Waals surface area contributed by atoms with Crippen molar-refractivity contribution in [2.45, 2.75) is 19.5 Å². The molecule has 2 nitrogen and oxygen atoms in total. The molecule has 0 radical (unpaired) electrons. The number of benzene rings is 1. The summed E-state index contributed by atoms with van der Waals surface area (Å²) in [6, 6.07) is 4.96. The van der Waals surface area contributed by atoms with Crippen molar-refractivity contribution in [1.82, 2.24) is 0 Å². The molecule has 1 aromatic heterocycles. The molecule has 110 valence electrons. The Labute approximate surface area is 122 Å². The van der Waals surface area contributed by atoms with Crippen LogP contribution in [0.1, 0.15) is 22.9 Å². The van der Waals surface area contributed by atoms with Gasteiger partial charge in [-0.1, -0.05) is 19.1 Å². The molecule has 0 bridgehead atoms. The molecule has 0 fully saturated rings. The van der Waals surface area contributed by atoms with Crippen molar-refractivity contribution in [2.75, 3.05) is 5.73 Å². The first-order valence-electron chi connectivity index (χ1n) is 5.98. The van der Waals surface area contributed by atoms with Gasteiger partial charge in [0.1, 0.15) is 16.8 Å². The number of hydrogen-bond donors (Lipinski definition) is 1. The highest BCUT2D eigenvalue weighted by Gasteiger charge is 2.35. The Hall–Kier alpha value is -2.07. The summed E-state index contributed by atoms with van der Waals surface area (Å²) in [7, 11) is 0. The SMILES string of the molecule is CCc1c(-c2cccc(C(F)(F)F)c2F)sc(C#N)c1N. The highest BCUT2D eigenvalue weighted by Crippen LogP contribution is 2.42. The summed E-state index contributed by atoms with van der Waals surface area (Å²) in [5, 5.41) is 8.96. The zero-order valence-corrected chi connectivity index (χ0v) is 11.7. The van der Waals surface area contributed by atoms with E-state index in [-0.39, 0.29) is 21.0 Å². The lowest BCUT2D eigenvalue weighted by Crippen LogP contribution is -2.08. The molecule has 0 atom stereocenters. The quantitative estimate of drug-likeness (QED) is 0.824. The van der Waals surface area contributed by atoms with E-state index in [1.165, 1.54) is 6.07 Å². The molecule has 2 rings (SSSR count). The molecule has 0 saturated carbocycles. The van der Waals surface area contributed by atoms with Gasteiger partial charge < -0.3 is 5.73 Å². The summed E-state index contributed by atoms with van der Waals surface area (Å²) < 4.78 is 52.5. The highest BCUT2D eigenvalue weighted by atomic mass is 32.1. The Morgan fingerprint density at radius 2 is 2.00 bits per heavy atom. The van der Waals surface area contributed by atoms with Crippen molar-refractivity contribution in [2.24, 2.45) is 0 Å². The fourth-order valence-electron chi connectivity index (χ4n) is 2.06. The molecular weight excluding hydrogens is 304 g/mol. The molecule has 21 heavy (non-hydrogen) atoms. The molecule has 0 spiro atoms. The number of rotatable bonds is 2. The van der Waals surface area contributed by atoms with Crippen LogP contribution in [-0.2, 0) is 12.6 Å². The zero-order valence-electron chi connectivity index (χ0n) is 10.9. The molecule has 0 aliphatic rings. The van der Waals surface area contributed by atoms with Gasteiger partial charge in [0.05, 0.1) is 11.3 Å². The molecule has 1 heterocycles. The average molecular weight is 314 g/mol. The number of thiophene rings is 1. The van der Waals surface area contributed by atoms with E-state index in [2.05, 4.69) is 0 Å². The maximum atomic E-state index is 14.2. The normalized spacial score (nSPS) is 11.4. The fourth-order valence-corrected chi connectivity index (χ4v) is 3.18. The van der Waals surface area contributed by atoms with Crippen molar-refractivity contribution >= 4 is 17.0 Å². The molecule has 0 saturated heterocycles. The molecular formula is C14H10F4N2S. The number of nitriles is 1. The van der Waals surface area contributed by atoms with Crippen LogP contribution in [0.3, 0.4) is 0 Å². The van der Waals surface area contributed by atoms with E-state index in [0.29, 0.717) is 18.1 Å². The van der Waals surface area contributed by atoms with Crippen molar-refractivity contribution in [3.8, 4) is 16.5 Å². The van der Waals surface area contributed by atoms with Gasteiger partial charge in [-0.2, -0.15) is 18.4 Å².